The molecule has 0 radical (unpaired) electrons. The minimum Gasteiger partial charge on any atom is -0.467 e. The molecule has 3 rings (SSSR count). The Morgan fingerprint density at radius 2 is 1.53 bits per heavy atom. The summed E-state index contributed by atoms with van der Waals surface area (Å²) in [4.78, 5) is 30.4. The number of hydrogen-bond donors (Lipinski definition) is 0. The molecule has 1 aromatic heterocycles. The molecule has 2 amide bonds. The molecule has 0 aliphatic carbocycles. The summed E-state index contributed by atoms with van der Waals surface area (Å²) < 4.78 is 5.49. The SMILES string of the molecule is CCC(C(=O)N(CC(=O)N(Cc1ccccc1)Cc1ccco1)C(C)C)c1ccccc1. The molecule has 0 saturated heterocycles. The van der Waals surface area contributed by atoms with Crippen LogP contribution >= 0.6 is 0 Å². The summed E-state index contributed by atoms with van der Waals surface area (Å²) in [5, 5.41) is 0. The molecule has 0 aliphatic rings. The highest BCUT2D eigenvalue weighted by atomic mass is 16.3. The van der Waals surface area contributed by atoms with E-state index in [0.717, 1.165) is 11.1 Å². The highest BCUT2D eigenvalue weighted by Crippen LogP contribution is 2.23. The molecule has 0 bridgehead atoms. The molecule has 0 aliphatic heterocycles. The van der Waals surface area contributed by atoms with Crippen molar-refractivity contribution in [1.82, 2.24) is 9.80 Å². The Morgan fingerprint density at radius 3 is 2.09 bits per heavy atom. The molecule has 1 heterocycles. The number of benzene rings is 2. The molecule has 5 nitrogen and oxygen atoms in total. The van der Waals surface area contributed by atoms with E-state index >= 15 is 0 Å². The van der Waals surface area contributed by atoms with Crippen LogP contribution in [0.4, 0.5) is 0 Å². The van der Waals surface area contributed by atoms with Crippen LogP contribution in [0.3, 0.4) is 0 Å². The van der Waals surface area contributed by atoms with Crippen LogP contribution in [0.5, 0.6) is 0 Å². The molecule has 0 saturated carbocycles. The van der Waals surface area contributed by atoms with Crippen LogP contribution in [0.1, 0.15) is 50.0 Å². The lowest BCUT2D eigenvalue weighted by atomic mass is 9.94. The fraction of sp³-hybridized carbons (Fsp3) is 0.333. The van der Waals surface area contributed by atoms with E-state index in [1.165, 1.54) is 0 Å². The van der Waals surface area contributed by atoms with Crippen molar-refractivity contribution < 1.29 is 14.0 Å². The molecule has 5 heteroatoms. The van der Waals surface area contributed by atoms with Gasteiger partial charge in [0.15, 0.2) is 0 Å². The molecule has 1 atom stereocenters. The molecular weight excluding hydrogens is 400 g/mol. The van der Waals surface area contributed by atoms with Gasteiger partial charge in [0.05, 0.1) is 18.7 Å². The maximum Gasteiger partial charge on any atom is 0.242 e. The third kappa shape index (κ3) is 6.10. The number of amides is 2. The van der Waals surface area contributed by atoms with Gasteiger partial charge in [0.2, 0.25) is 11.8 Å². The number of rotatable bonds is 10. The van der Waals surface area contributed by atoms with Gasteiger partial charge < -0.3 is 14.2 Å². The van der Waals surface area contributed by atoms with Gasteiger partial charge in [-0.15, -0.1) is 0 Å². The molecule has 168 valence electrons. The molecular formula is C27H32N2O3. The summed E-state index contributed by atoms with van der Waals surface area (Å²) in [7, 11) is 0. The van der Waals surface area contributed by atoms with E-state index in [9.17, 15) is 9.59 Å². The second-order valence-corrected chi connectivity index (χ2v) is 8.25. The monoisotopic (exact) mass is 432 g/mol. The van der Waals surface area contributed by atoms with Crippen LogP contribution in [-0.2, 0) is 22.7 Å². The van der Waals surface area contributed by atoms with Crippen molar-refractivity contribution in [2.24, 2.45) is 0 Å². The second-order valence-electron chi connectivity index (χ2n) is 8.25. The summed E-state index contributed by atoms with van der Waals surface area (Å²) in [5.41, 5.74) is 2.01. The summed E-state index contributed by atoms with van der Waals surface area (Å²) in [5.74, 6) is 0.335. The topological polar surface area (TPSA) is 53.8 Å². The average molecular weight is 433 g/mol. The molecule has 0 fully saturated rings. The largest absolute Gasteiger partial charge is 0.467 e. The summed E-state index contributed by atoms with van der Waals surface area (Å²) >= 11 is 0. The second kappa shape index (κ2) is 11.3. The average Bonchev–Trinajstić information content (AvgIpc) is 3.31. The van der Waals surface area contributed by atoms with E-state index in [4.69, 9.17) is 4.42 Å². The quantitative estimate of drug-likeness (QED) is 0.440. The lowest BCUT2D eigenvalue weighted by Gasteiger charge is -2.32. The van der Waals surface area contributed by atoms with Gasteiger partial charge in [-0.25, -0.2) is 0 Å². The summed E-state index contributed by atoms with van der Waals surface area (Å²) in [6, 6.07) is 23.2. The number of hydrogen-bond acceptors (Lipinski definition) is 3. The Morgan fingerprint density at radius 1 is 0.875 bits per heavy atom. The van der Waals surface area contributed by atoms with E-state index in [2.05, 4.69) is 0 Å². The Kier molecular flexibility index (Phi) is 8.26. The van der Waals surface area contributed by atoms with Crippen LogP contribution in [0, 0.1) is 0 Å². The van der Waals surface area contributed by atoms with E-state index in [0.29, 0.717) is 25.3 Å². The minimum atomic E-state index is -0.265. The van der Waals surface area contributed by atoms with E-state index in [1.807, 2.05) is 93.6 Å². The van der Waals surface area contributed by atoms with Crippen molar-refractivity contribution in [2.75, 3.05) is 6.54 Å². The normalized spacial score (nSPS) is 11.9. The Bertz CT molecular complexity index is 969. The van der Waals surface area contributed by atoms with Crippen molar-refractivity contribution in [3.8, 4) is 0 Å². The third-order valence-corrected chi connectivity index (χ3v) is 5.62. The lowest BCUT2D eigenvalue weighted by molar-refractivity contribution is -0.143. The third-order valence-electron chi connectivity index (χ3n) is 5.62. The highest BCUT2D eigenvalue weighted by molar-refractivity contribution is 5.88. The smallest absolute Gasteiger partial charge is 0.242 e. The number of furan rings is 1. The Balaban J connectivity index is 1.79. The zero-order valence-electron chi connectivity index (χ0n) is 19.1. The first-order valence-corrected chi connectivity index (χ1v) is 11.2. The first-order chi connectivity index (χ1) is 15.5. The number of carbonyl (C=O) groups is 2. The molecule has 0 spiro atoms. The van der Waals surface area contributed by atoms with Crippen LogP contribution < -0.4 is 0 Å². The fourth-order valence-electron chi connectivity index (χ4n) is 3.83. The zero-order chi connectivity index (χ0) is 22.9. The van der Waals surface area contributed by atoms with E-state index < -0.39 is 0 Å². The lowest BCUT2D eigenvalue weighted by Crippen LogP contribution is -2.47. The predicted molar refractivity (Wildman–Crippen MR) is 126 cm³/mol. The van der Waals surface area contributed by atoms with Gasteiger partial charge in [0, 0.05) is 12.6 Å². The van der Waals surface area contributed by atoms with Gasteiger partial charge in [-0.3, -0.25) is 9.59 Å². The van der Waals surface area contributed by atoms with Gasteiger partial charge in [0.1, 0.15) is 12.3 Å². The van der Waals surface area contributed by atoms with Crippen LogP contribution in [0.2, 0.25) is 0 Å². The van der Waals surface area contributed by atoms with E-state index in [1.54, 1.807) is 16.1 Å². The highest BCUT2D eigenvalue weighted by Gasteiger charge is 2.29. The van der Waals surface area contributed by atoms with Gasteiger partial charge in [-0.05, 0) is 43.5 Å². The van der Waals surface area contributed by atoms with Crippen molar-refractivity contribution in [3.05, 3.63) is 95.9 Å². The predicted octanol–water partition coefficient (Wildman–Crippen LogP) is 5.24. The summed E-state index contributed by atoms with van der Waals surface area (Å²) in [6.07, 6.45) is 2.29. The maximum absolute atomic E-state index is 13.5. The van der Waals surface area contributed by atoms with Crippen molar-refractivity contribution >= 4 is 11.8 Å². The minimum absolute atomic E-state index is 0.0142. The zero-order valence-corrected chi connectivity index (χ0v) is 19.1. The van der Waals surface area contributed by atoms with Crippen LogP contribution in [-0.4, -0.2) is 34.2 Å². The Labute approximate surface area is 190 Å². The van der Waals surface area contributed by atoms with Crippen molar-refractivity contribution in [2.45, 2.75) is 52.2 Å². The van der Waals surface area contributed by atoms with Crippen molar-refractivity contribution in [3.63, 3.8) is 0 Å². The van der Waals surface area contributed by atoms with Crippen LogP contribution in [0.15, 0.2) is 83.5 Å². The van der Waals surface area contributed by atoms with Gasteiger partial charge in [-0.2, -0.15) is 0 Å². The molecule has 3 aromatic rings. The molecule has 2 aromatic carbocycles. The van der Waals surface area contributed by atoms with Gasteiger partial charge in [-0.1, -0.05) is 67.6 Å². The van der Waals surface area contributed by atoms with Crippen molar-refractivity contribution in [1.29, 1.82) is 0 Å². The van der Waals surface area contributed by atoms with Crippen LogP contribution in [0.25, 0.3) is 0 Å². The first-order valence-electron chi connectivity index (χ1n) is 11.2. The molecule has 32 heavy (non-hydrogen) atoms. The first kappa shape index (κ1) is 23.3. The number of carbonyl (C=O) groups excluding carboxylic acids is 2. The molecule has 0 N–H and O–H groups in total. The standard InChI is InChI=1S/C27H32N2O3/c1-4-25(23-14-9-6-10-15-23)27(31)29(21(2)3)20-26(30)28(19-24-16-11-17-32-24)18-22-12-7-5-8-13-22/h5-17,21,25H,4,18-20H2,1-3H3. The maximum atomic E-state index is 13.5. The van der Waals surface area contributed by atoms with Gasteiger partial charge >= 0.3 is 0 Å². The van der Waals surface area contributed by atoms with E-state index in [-0.39, 0.29) is 30.3 Å². The fourth-order valence-corrected chi connectivity index (χ4v) is 3.83. The number of nitrogens with zero attached hydrogens (tertiary/aromatic N) is 2. The Hall–Kier alpha value is -3.34. The molecule has 1 unspecified atom stereocenters. The van der Waals surface area contributed by atoms with Gasteiger partial charge in [0.25, 0.3) is 0 Å². The summed E-state index contributed by atoms with van der Waals surface area (Å²) in [6.45, 7) is 6.77.